The van der Waals surface area contributed by atoms with Gasteiger partial charge in [0.2, 0.25) is 5.91 Å². The lowest BCUT2D eigenvalue weighted by atomic mass is 9.78. The molecule has 38 heavy (non-hydrogen) atoms. The van der Waals surface area contributed by atoms with E-state index in [4.69, 9.17) is 18.9 Å². The number of benzene rings is 1. The van der Waals surface area contributed by atoms with Gasteiger partial charge in [0.1, 0.15) is 29.5 Å². The summed E-state index contributed by atoms with van der Waals surface area (Å²) < 4.78 is 22.3. The predicted octanol–water partition coefficient (Wildman–Crippen LogP) is 2.17. The first-order chi connectivity index (χ1) is 17.7. The summed E-state index contributed by atoms with van der Waals surface area (Å²) in [4.78, 5) is 39.1. The second-order valence-electron chi connectivity index (χ2n) is 11.2. The fourth-order valence-corrected chi connectivity index (χ4v) is 4.86. The van der Waals surface area contributed by atoms with E-state index in [2.05, 4.69) is 10.6 Å². The average Bonchev–Trinajstić information content (AvgIpc) is 3.13. The van der Waals surface area contributed by atoms with E-state index < -0.39 is 59.6 Å². The summed E-state index contributed by atoms with van der Waals surface area (Å²) in [5.41, 5.74) is -0.136. The average molecular weight is 537 g/mol. The number of carbonyl (C=O) groups excluding carboxylic acids is 3. The first-order valence-electron chi connectivity index (χ1n) is 13.0. The van der Waals surface area contributed by atoms with Crippen LogP contribution in [0.3, 0.4) is 0 Å². The molecule has 0 unspecified atom stereocenters. The lowest BCUT2D eigenvalue weighted by Crippen LogP contribution is -2.59. The number of hydrogen-bond donors (Lipinski definition) is 4. The highest BCUT2D eigenvalue weighted by Gasteiger charge is 2.52. The Morgan fingerprint density at radius 3 is 2.37 bits per heavy atom. The van der Waals surface area contributed by atoms with E-state index >= 15 is 0 Å². The van der Waals surface area contributed by atoms with Gasteiger partial charge in [0.05, 0.1) is 18.8 Å². The zero-order valence-electron chi connectivity index (χ0n) is 22.9. The molecule has 1 aliphatic heterocycles. The van der Waals surface area contributed by atoms with Crippen molar-refractivity contribution in [2.45, 2.75) is 103 Å². The third-order valence-corrected chi connectivity index (χ3v) is 6.43. The van der Waals surface area contributed by atoms with E-state index in [0.29, 0.717) is 18.4 Å². The number of phenolic OH excluding ortho intramolecular Hbond substituents is 1. The summed E-state index contributed by atoms with van der Waals surface area (Å²) in [5, 5.41) is 26.1. The van der Waals surface area contributed by atoms with Gasteiger partial charge in [-0.05, 0) is 72.1 Å². The standard InChI is InChI=1S/C27H40N2O9/c1-7-35-24(33)20(17-12-13-19-22(21(17)31)37-27(5,6)36-19)29-23(32)18(28-25(34)38-26(2,3)4)14-15-8-10-16(30)11-9-15/h8-11,17-22,30-31H,7,12-14H2,1-6H3,(H,28,34)(H,29,32)/t17-,18-,19-,20+,21-,22-/m0/s1. The summed E-state index contributed by atoms with van der Waals surface area (Å²) in [6.07, 6.45) is -1.93. The Labute approximate surface area is 223 Å². The fourth-order valence-electron chi connectivity index (χ4n) is 4.86. The number of alkyl carbamates (subject to hydrolysis) is 1. The van der Waals surface area contributed by atoms with Gasteiger partial charge in [-0.1, -0.05) is 12.1 Å². The van der Waals surface area contributed by atoms with Crippen molar-refractivity contribution in [1.29, 1.82) is 0 Å². The second-order valence-corrected chi connectivity index (χ2v) is 11.2. The van der Waals surface area contributed by atoms with E-state index in [9.17, 15) is 24.6 Å². The number of hydrogen-bond acceptors (Lipinski definition) is 9. The third kappa shape index (κ3) is 7.81. The van der Waals surface area contributed by atoms with Crippen LogP contribution in [0.15, 0.2) is 24.3 Å². The lowest BCUT2D eigenvalue weighted by molar-refractivity contribution is -0.161. The number of esters is 1. The van der Waals surface area contributed by atoms with Gasteiger partial charge in [-0.15, -0.1) is 0 Å². The molecule has 1 aliphatic carbocycles. The molecule has 1 aromatic carbocycles. The number of aliphatic hydroxyl groups excluding tert-OH is 1. The summed E-state index contributed by atoms with van der Waals surface area (Å²) in [5.74, 6) is -2.86. The van der Waals surface area contributed by atoms with Crippen LogP contribution in [0.25, 0.3) is 0 Å². The Hall–Kier alpha value is -2.89. The maximum atomic E-state index is 13.5. The topological polar surface area (TPSA) is 153 Å². The highest BCUT2D eigenvalue weighted by molar-refractivity contribution is 5.90. The first-order valence-corrected chi connectivity index (χ1v) is 13.0. The number of ether oxygens (including phenoxy) is 4. The van der Waals surface area contributed by atoms with Crippen LogP contribution in [-0.2, 0) is 35.0 Å². The summed E-state index contributed by atoms with van der Waals surface area (Å²) in [6.45, 7) is 10.4. The Morgan fingerprint density at radius 2 is 1.76 bits per heavy atom. The third-order valence-electron chi connectivity index (χ3n) is 6.43. The van der Waals surface area contributed by atoms with Gasteiger partial charge in [-0.2, -0.15) is 0 Å². The second kappa shape index (κ2) is 11.9. The monoisotopic (exact) mass is 536 g/mol. The molecule has 2 amide bonds. The van der Waals surface area contributed by atoms with Crippen molar-refractivity contribution in [3.05, 3.63) is 29.8 Å². The van der Waals surface area contributed by atoms with E-state index in [1.54, 1.807) is 53.7 Å². The largest absolute Gasteiger partial charge is 0.508 e. The van der Waals surface area contributed by atoms with Crippen LogP contribution in [0.1, 0.15) is 59.9 Å². The molecule has 1 saturated carbocycles. The van der Waals surface area contributed by atoms with Gasteiger partial charge < -0.3 is 39.8 Å². The molecule has 2 aliphatic rings. The Kier molecular flexibility index (Phi) is 9.27. The van der Waals surface area contributed by atoms with E-state index in [1.807, 2.05) is 0 Å². The number of nitrogens with one attached hydrogen (secondary N) is 2. The van der Waals surface area contributed by atoms with E-state index in [-0.39, 0.29) is 24.9 Å². The van der Waals surface area contributed by atoms with Crippen LogP contribution in [0.5, 0.6) is 5.75 Å². The van der Waals surface area contributed by atoms with Gasteiger partial charge in [-0.3, -0.25) is 4.79 Å². The number of carbonyl (C=O) groups is 3. The molecular formula is C27H40N2O9. The van der Waals surface area contributed by atoms with Crippen molar-refractivity contribution in [2.24, 2.45) is 5.92 Å². The molecule has 11 heteroatoms. The quantitative estimate of drug-likeness (QED) is 0.366. The minimum atomic E-state index is -1.19. The molecule has 3 rings (SSSR count). The van der Waals surface area contributed by atoms with Gasteiger partial charge in [0.15, 0.2) is 5.79 Å². The van der Waals surface area contributed by atoms with Crippen molar-refractivity contribution in [1.82, 2.24) is 10.6 Å². The maximum absolute atomic E-state index is 13.5. The highest BCUT2D eigenvalue weighted by atomic mass is 16.8. The molecule has 0 aromatic heterocycles. The fraction of sp³-hybridized carbons (Fsp3) is 0.667. The normalized spacial score (nSPS) is 26.0. The van der Waals surface area contributed by atoms with Crippen LogP contribution >= 0.6 is 0 Å². The molecule has 1 aromatic rings. The van der Waals surface area contributed by atoms with Crippen LogP contribution in [0.4, 0.5) is 4.79 Å². The number of amides is 2. The molecule has 0 bridgehead atoms. The smallest absolute Gasteiger partial charge is 0.408 e. The molecule has 6 atom stereocenters. The summed E-state index contributed by atoms with van der Waals surface area (Å²) >= 11 is 0. The highest BCUT2D eigenvalue weighted by Crippen LogP contribution is 2.40. The number of rotatable bonds is 8. The molecule has 2 fully saturated rings. The van der Waals surface area contributed by atoms with Crippen molar-refractivity contribution >= 4 is 18.0 Å². The summed E-state index contributed by atoms with van der Waals surface area (Å²) in [6, 6.07) is 3.88. The van der Waals surface area contributed by atoms with Gasteiger partial charge in [0, 0.05) is 12.3 Å². The Morgan fingerprint density at radius 1 is 1.11 bits per heavy atom. The minimum absolute atomic E-state index is 0.0584. The lowest BCUT2D eigenvalue weighted by Gasteiger charge is -2.38. The first kappa shape index (κ1) is 29.7. The van der Waals surface area contributed by atoms with Gasteiger partial charge in [0.25, 0.3) is 0 Å². The van der Waals surface area contributed by atoms with E-state index in [0.717, 1.165) is 0 Å². The Balaban J connectivity index is 1.82. The van der Waals surface area contributed by atoms with Crippen molar-refractivity contribution < 1.29 is 43.5 Å². The molecule has 4 N–H and O–H groups in total. The zero-order valence-corrected chi connectivity index (χ0v) is 22.9. The molecular weight excluding hydrogens is 496 g/mol. The van der Waals surface area contributed by atoms with Gasteiger partial charge >= 0.3 is 12.1 Å². The molecule has 212 valence electrons. The van der Waals surface area contributed by atoms with Crippen molar-refractivity contribution in [3.8, 4) is 5.75 Å². The molecule has 0 radical (unpaired) electrons. The zero-order chi connectivity index (χ0) is 28.3. The Bertz CT molecular complexity index is 989. The van der Waals surface area contributed by atoms with Crippen molar-refractivity contribution in [3.63, 3.8) is 0 Å². The van der Waals surface area contributed by atoms with Crippen LogP contribution in [-0.4, -0.2) is 76.6 Å². The van der Waals surface area contributed by atoms with Crippen LogP contribution in [0.2, 0.25) is 0 Å². The minimum Gasteiger partial charge on any atom is -0.508 e. The number of aliphatic hydroxyl groups is 1. The van der Waals surface area contributed by atoms with E-state index in [1.165, 1.54) is 12.1 Å². The number of fused-ring (bicyclic) bond motifs is 1. The molecule has 1 saturated heterocycles. The molecule has 0 spiro atoms. The van der Waals surface area contributed by atoms with Gasteiger partial charge in [-0.25, -0.2) is 9.59 Å². The number of phenols is 1. The van der Waals surface area contributed by atoms with Crippen molar-refractivity contribution in [2.75, 3.05) is 6.61 Å². The molecule has 1 heterocycles. The predicted molar refractivity (Wildman–Crippen MR) is 136 cm³/mol. The summed E-state index contributed by atoms with van der Waals surface area (Å²) in [7, 11) is 0. The maximum Gasteiger partial charge on any atom is 0.408 e. The molecule has 11 nitrogen and oxygen atoms in total. The SMILES string of the molecule is CCOC(=O)[C@H](NC(=O)[C@H](Cc1ccc(O)cc1)NC(=O)OC(C)(C)C)[C@@H]1CC[C@@H]2OC(C)(C)O[C@@H]2[C@H]1O. The van der Waals surface area contributed by atoms with Crippen LogP contribution in [0, 0.1) is 5.92 Å². The van der Waals surface area contributed by atoms with Crippen LogP contribution < -0.4 is 10.6 Å². The number of aromatic hydroxyl groups is 1.